The van der Waals surface area contributed by atoms with Crippen LogP contribution in [-0.2, 0) is 11.3 Å². The van der Waals surface area contributed by atoms with Crippen molar-refractivity contribution in [1.82, 2.24) is 5.32 Å². The number of rotatable bonds is 6. The standard InChI is InChI=1S/C23H20N2O4/c1-29-23(28)19-11-5-9-17(13-19)22(27)25-20-12-6-10-18(14-20)21(26)24-15-16-7-3-2-4-8-16/h2-14H,15H2,1H3,(H,24,26)(H,25,27). The van der Waals surface area contributed by atoms with E-state index in [1.54, 1.807) is 42.5 Å². The molecule has 146 valence electrons. The van der Waals surface area contributed by atoms with Gasteiger partial charge in [-0.25, -0.2) is 4.79 Å². The highest BCUT2D eigenvalue weighted by Gasteiger charge is 2.12. The van der Waals surface area contributed by atoms with Gasteiger partial charge in [-0.3, -0.25) is 9.59 Å². The van der Waals surface area contributed by atoms with E-state index in [9.17, 15) is 14.4 Å². The van der Waals surface area contributed by atoms with Crippen molar-refractivity contribution >= 4 is 23.5 Å². The number of carbonyl (C=O) groups excluding carboxylic acids is 3. The molecule has 0 unspecified atom stereocenters. The first-order valence-electron chi connectivity index (χ1n) is 8.99. The molecule has 0 aliphatic heterocycles. The molecule has 0 radical (unpaired) electrons. The molecule has 0 aliphatic rings. The minimum Gasteiger partial charge on any atom is -0.465 e. The Hall–Kier alpha value is -3.93. The van der Waals surface area contributed by atoms with Crippen LogP contribution in [0.1, 0.15) is 36.6 Å². The van der Waals surface area contributed by atoms with Crippen LogP contribution in [0.5, 0.6) is 0 Å². The number of ether oxygens (including phenoxy) is 1. The molecular weight excluding hydrogens is 368 g/mol. The number of amides is 2. The van der Waals surface area contributed by atoms with Crippen molar-refractivity contribution in [3.63, 3.8) is 0 Å². The molecule has 0 heterocycles. The summed E-state index contributed by atoms with van der Waals surface area (Å²) < 4.78 is 4.67. The third-order valence-corrected chi connectivity index (χ3v) is 4.22. The molecule has 3 aromatic carbocycles. The predicted octanol–water partition coefficient (Wildman–Crippen LogP) is 3.66. The van der Waals surface area contributed by atoms with Crippen molar-refractivity contribution in [2.24, 2.45) is 0 Å². The fraction of sp³-hybridized carbons (Fsp3) is 0.0870. The van der Waals surface area contributed by atoms with Crippen LogP contribution < -0.4 is 10.6 Å². The molecule has 0 fully saturated rings. The van der Waals surface area contributed by atoms with Gasteiger partial charge in [-0.05, 0) is 42.0 Å². The van der Waals surface area contributed by atoms with E-state index < -0.39 is 11.9 Å². The predicted molar refractivity (Wildman–Crippen MR) is 110 cm³/mol. The number of esters is 1. The highest BCUT2D eigenvalue weighted by Crippen LogP contribution is 2.14. The molecule has 0 bridgehead atoms. The summed E-state index contributed by atoms with van der Waals surface area (Å²) in [5.41, 5.74) is 2.50. The average molecular weight is 388 g/mol. The lowest BCUT2D eigenvalue weighted by Gasteiger charge is -2.09. The molecule has 0 aromatic heterocycles. The Morgan fingerprint density at radius 2 is 1.41 bits per heavy atom. The van der Waals surface area contributed by atoms with E-state index in [-0.39, 0.29) is 11.5 Å². The normalized spacial score (nSPS) is 10.1. The number of hydrogen-bond acceptors (Lipinski definition) is 4. The second-order valence-electron chi connectivity index (χ2n) is 6.28. The number of carbonyl (C=O) groups is 3. The fourth-order valence-corrected chi connectivity index (χ4v) is 2.73. The number of nitrogens with one attached hydrogen (secondary N) is 2. The van der Waals surface area contributed by atoms with E-state index >= 15 is 0 Å². The third kappa shape index (κ3) is 5.29. The van der Waals surface area contributed by atoms with Crippen LogP contribution in [0.4, 0.5) is 5.69 Å². The van der Waals surface area contributed by atoms with Gasteiger partial charge in [-0.1, -0.05) is 42.5 Å². The Labute approximate surface area is 168 Å². The lowest BCUT2D eigenvalue weighted by molar-refractivity contribution is 0.0600. The van der Waals surface area contributed by atoms with Crippen LogP contribution in [0.3, 0.4) is 0 Å². The molecular formula is C23H20N2O4. The molecule has 6 nitrogen and oxygen atoms in total. The molecule has 2 amide bonds. The monoisotopic (exact) mass is 388 g/mol. The lowest BCUT2D eigenvalue weighted by Crippen LogP contribution is -2.23. The van der Waals surface area contributed by atoms with Gasteiger partial charge in [0.25, 0.3) is 11.8 Å². The summed E-state index contributed by atoms with van der Waals surface area (Å²) >= 11 is 0. The van der Waals surface area contributed by atoms with Gasteiger partial charge >= 0.3 is 5.97 Å². The van der Waals surface area contributed by atoms with Crippen molar-refractivity contribution in [3.05, 3.63) is 101 Å². The van der Waals surface area contributed by atoms with Crippen LogP contribution in [0, 0.1) is 0 Å². The Morgan fingerprint density at radius 1 is 0.759 bits per heavy atom. The molecule has 2 N–H and O–H groups in total. The van der Waals surface area contributed by atoms with E-state index in [1.807, 2.05) is 30.3 Å². The number of benzene rings is 3. The van der Waals surface area contributed by atoms with E-state index in [0.717, 1.165) is 5.56 Å². The minimum atomic E-state index is -0.517. The molecule has 3 aromatic rings. The zero-order valence-corrected chi connectivity index (χ0v) is 15.8. The summed E-state index contributed by atoms with van der Waals surface area (Å²) in [6.45, 7) is 0.413. The van der Waals surface area contributed by atoms with Gasteiger partial charge in [-0.15, -0.1) is 0 Å². The van der Waals surface area contributed by atoms with E-state index in [0.29, 0.717) is 23.4 Å². The topological polar surface area (TPSA) is 84.5 Å². The average Bonchev–Trinajstić information content (AvgIpc) is 2.77. The zero-order chi connectivity index (χ0) is 20.6. The van der Waals surface area contributed by atoms with Crippen LogP contribution in [0.15, 0.2) is 78.9 Å². The Morgan fingerprint density at radius 3 is 2.14 bits per heavy atom. The second kappa shape index (κ2) is 9.32. The van der Waals surface area contributed by atoms with E-state index in [1.165, 1.54) is 13.2 Å². The molecule has 6 heteroatoms. The van der Waals surface area contributed by atoms with Gasteiger partial charge in [0.1, 0.15) is 0 Å². The highest BCUT2D eigenvalue weighted by atomic mass is 16.5. The summed E-state index contributed by atoms with van der Waals surface area (Å²) in [6.07, 6.45) is 0. The Bertz CT molecular complexity index is 1030. The first-order valence-corrected chi connectivity index (χ1v) is 8.99. The van der Waals surface area contributed by atoms with Crippen LogP contribution in [0.2, 0.25) is 0 Å². The summed E-state index contributed by atoms with van der Waals surface area (Å²) in [7, 11) is 1.28. The molecule has 0 atom stereocenters. The lowest BCUT2D eigenvalue weighted by atomic mass is 10.1. The zero-order valence-electron chi connectivity index (χ0n) is 15.8. The second-order valence-corrected chi connectivity index (χ2v) is 6.28. The number of methoxy groups -OCH3 is 1. The quantitative estimate of drug-likeness (QED) is 0.631. The smallest absolute Gasteiger partial charge is 0.337 e. The van der Waals surface area contributed by atoms with Crippen molar-refractivity contribution in [1.29, 1.82) is 0 Å². The first kappa shape index (κ1) is 19.8. The maximum atomic E-state index is 12.5. The maximum Gasteiger partial charge on any atom is 0.337 e. The number of hydrogen-bond donors (Lipinski definition) is 2. The summed E-state index contributed by atoms with van der Waals surface area (Å²) in [5, 5.41) is 5.59. The molecule has 0 saturated carbocycles. The summed E-state index contributed by atoms with van der Waals surface area (Å²) in [5.74, 6) is -1.15. The highest BCUT2D eigenvalue weighted by molar-refractivity contribution is 6.06. The number of anilines is 1. The Kier molecular flexibility index (Phi) is 6.37. The van der Waals surface area contributed by atoms with Gasteiger partial charge in [0.2, 0.25) is 0 Å². The van der Waals surface area contributed by atoms with Crippen LogP contribution in [0.25, 0.3) is 0 Å². The minimum absolute atomic E-state index is 0.238. The van der Waals surface area contributed by atoms with Gasteiger partial charge in [0, 0.05) is 23.4 Å². The molecule has 3 rings (SSSR count). The van der Waals surface area contributed by atoms with Crippen molar-refractivity contribution < 1.29 is 19.1 Å². The third-order valence-electron chi connectivity index (χ3n) is 4.22. The van der Waals surface area contributed by atoms with E-state index in [2.05, 4.69) is 15.4 Å². The SMILES string of the molecule is COC(=O)c1cccc(C(=O)Nc2cccc(C(=O)NCc3ccccc3)c2)c1. The maximum absolute atomic E-state index is 12.5. The molecule has 29 heavy (non-hydrogen) atoms. The van der Waals surface area contributed by atoms with Crippen molar-refractivity contribution in [3.8, 4) is 0 Å². The fourth-order valence-electron chi connectivity index (χ4n) is 2.73. The molecule has 0 saturated heterocycles. The van der Waals surface area contributed by atoms with E-state index in [4.69, 9.17) is 0 Å². The summed E-state index contributed by atoms with van der Waals surface area (Å²) in [4.78, 5) is 36.5. The molecule has 0 aliphatic carbocycles. The van der Waals surface area contributed by atoms with Crippen molar-refractivity contribution in [2.45, 2.75) is 6.54 Å². The van der Waals surface area contributed by atoms with Gasteiger partial charge in [0.15, 0.2) is 0 Å². The largest absolute Gasteiger partial charge is 0.465 e. The Balaban J connectivity index is 1.67. The molecule has 0 spiro atoms. The van der Waals surface area contributed by atoms with Crippen LogP contribution >= 0.6 is 0 Å². The van der Waals surface area contributed by atoms with Gasteiger partial charge in [0.05, 0.1) is 12.7 Å². The first-order chi connectivity index (χ1) is 14.1. The van der Waals surface area contributed by atoms with Crippen molar-refractivity contribution in [2.75, 3.05) is 12.4 Å². The van der Waals surface area contributed by atoms with Gasteiger partial charge in [-0.2, -0.15) is 0 Å². The van der Waals surface area contributed by atoms with Crippen LogP contribution in [-0.4, -0.2) is 24.9 Å². The summed E-state index contributed by atoms with van der Waals surface area (Å²) in [6, 6.07) is 22.5. The van der Waals surface area contributed by atoms with Gasteiger partial charge < -0.3 is 15.4 Å².